The predicted molar refractivity (Wildman–Crippen MR) is 71.7 cm³/mol. The predicted octanol–water partition coefficient (Wildman–Crippen LogP) is 2.20. The van der Waals surface area contributed by atoms with Crippen molar-refractivity contribution in [3.63, 3.8) is 0 Å². The first-order chi connectivity index (χ1) is 8.56. The summed E-state index contributed by atoms with van der Waals surface area (Å²) in [6.45, 7) is 5.27. The maximum atomic E-state index is 11.0. The number of benzene rings is 1. The Morgan fingerprint density at radius 1 is 1.33 bits per heavy atom. The Hall–Kier alpha value is -1.35. The maximum Gasteiger partial charge on any atom is 0.317 e. The van der Waals surface area contributed by atoms with Gasteiger partial charge in [0.25, 0.3) is 0 Å². The zero-order chi connectivity index (χ0) is 13.1. The molecule has 3 heteroatoms. The van der Waals surface area contributed by atoms with Gasteiger partial charge in [0.15, 0.2) is 0 Å². The van der Waals surface area contributed by atoms with Crippen molar-refractivity contribution >= 4 is 5.97 Å². The molecular weight excluding hydrogens is 226 g/mol. The van der Waals surface area contributed by atoms with Crippen LogP contribution < -0.4 is 0 Å². The molecule has 0 fully saturated rings. The first kappa shape index (κ1) is 13.1. The van der Waals surface area contributed by atoms with Gasteiger partial charge in [0.05, 0.1) is 6.54 Å². The van der Waals surface area contributed by atoms with Crippen LogP contribution in [0.25, 0.3) is 0 Å². The van der Waals surface area contributed by atoms with Crippen LogP contribution in [0.2, 0.25) is 0 Å². The van der Waals surface area contributed by atoms with Crippen LogP contribution in [0.3, 0.4) is 0 Å². The molecule has 1 aromatic carbocycles. The van der Waals surface area contributed by atoms with E-state index in [2.05, 4.69) is 43.0 Å². The average molecular weight is 247 g/mol. The van der Waals surface area contributed by atoms with Gasteiger partial charge in [0.1, 0.15) is 0 Å². The molecule has 0 aliphatic heterocycles. The number of rotatable bonds is 5. The minimum Gasteiger partial charge on any atom is -0.480 e. The van der Waals surface area contributed by atoms with E-state index >= 15 is 0 Å². The Balaban J connectivity index is 2.07. The first-order valence-electron chi connectivity index (χ1n) is 6.59. The molecule has 1 aliphatic carbocycles. The molecule has 98 valence electrons. The van der Waals surface area contributed by atoms with Crippen molar-refractivity contribution in [2.45, 2.75) is 32.7 Å². The molecule has 0 bridgehead atoms. The first-order valence-corrected chi connectivity index (χ1v) is 6.59. The zero-order valence-corrected chi connectivity index (χ0v) is 11.1. The van der Waals surface area contributed by atoms with Gasteiger partial charge in [-0.3, -0.25) is 9.69 Å². The molecule has 3 nitrogen and oxygen atoms in total. The summed E-state index contributed by atoms with van der Waals surface area (Å²) in [5.74, 6) is -0.236. The Morgan fingerprint density at radius 2 is 1.89 bits per heavy atom. The van der Waals surface area contributed by atoms with Gasteiger partial charge in [0, 0.05) is 12.6 Å². The maximum absolute atomic E-state index is 11.0. The van der Waals surface area contributed by atoms with Gasteiger partial charge < -0.3 is 5.11 Å². The molecule has 0 radical (unpaired) electrons. The van der Waals surface area contributed by atoms with Gasteiger partial charge in [-0.15, -0.1) is 0 Å². The summed E-state index contributed by atoms with van der Waals surface area (Å²) in [4.78, 5) is 13.1. The van der Waals surface area contributed by atoms with E-state index in [1.54, 1.807) is 0 Å². The highest BCUT2D eigenvalue weighted by Gasteiger charge is 2.27. The Kier molecular flexibility index (Phi) is 4.02. The molecule has 1 aliphatic rings. The molecule has 1 N–H and O–H groups in total. The van der Waals surface area contributed by atoms with E-state index in [0.717, 1.165) is 19.4 Å². The summed E-state index contributed by atoms with van der Waals surface area (Å²) in [7, 11) is 0. The lowest BCUT2D eigenvalue weighted by molar-refractivity contribution is -0.139. The van der Waals surface area contributed by atoms with Crippen LogP contribution in [0, 0.1) is 5.92 Å². The Morgan fingerprint density at radius 3 is 2.33 bits per heavy atom. The highest BCUT2D eigenvalue weighted by Crippen LogP contribution is 2.25. The smallest absolute Gasteiger partial charge is 0.317 e. The van der Waals surface area contributed by atoms with Crippen molar-refractivity contribution in [2.75, 3.05) is 13.1 Å². The number of carboxylic acids is 1. The van der Waals surface area contributed by atoms with Crippen LogP contribution in [-0.2, 0) is 17.6 Å². The normalized spacial score (nSPS) is 15.3. The van der Waals surface area contributed by atoms with Crippen LogP contribution in [0.1, 0.15) is 25.0 Å². The van der Waals surface area contributed by atoms with E-state index in [1.165, 1.54) is 11.1 Å². The molecule has 1 aromatic rings. The van der Waals surface area contributed by atoms with Gasteiger partial charge in [-0.2, -0.15) is 0 Å². The quantitative estimate of drug-likeness (QED) is 0.867. The van der Waals surface area contributed by atoms with Crippen molar-refractivity contribution in [1.82, 2.24) is 4.90 Å². The Labute approximate surface area is 108 Å². The number of carbonyl (C=O) groups is 1. The second-order valence-corrected chi connectivity index (χ2v) is 5.55. The van der Waals surface area contributed by atoms with Crippen molar-refractivity contribution in [2.24, 2.45) is 5.92 Å². The van der Waals surface area contributed by atoms with Crippen molar-refractivity contribution in [3.05, 3.63) is 35.4 Å². The topological polar surface area (TPSA) is 40.5 Å². The largest absolute Gasteiger partial charge is 0.480 e. The SMILES string of the molecule is CC(C)CN(CC(=O)O)C1Cc2ccccc2C1. The third kappa shape index (κ3) is 3.10. The van der Waals surface area contributed by atoms with E-state index in [1.807, 2.05) is 0 Å². The molecule has 0 unspecified atom stereocenters. The van der Waals surface area contributed by atoms with E-state index in [9.17, 15) is 4.79 Å². The molecule has 0 amide bonds. The van der Waals surface area contributed by atoms with Gasteiger partial charge in [-0.1, -0.05) is 38.1 Å². The Bertz CT molecular complexity index is 403. The van der Waals surface area contributed by atoms with Gasteiger partial charge in [-0.05, 0) is 29.9 Å². The number of carboxylic acid groups (broad SMARTS) is 1. The van der Waals surface area contributed by atoms with Gasteiger partial charge in [0.2, 0.25) is 0 Å². The molecule has 0 heterocycles. The zero-order valence-electron chi connectivity index (χ0n) is 11.1. The van der Waals surface area contributed by atoms with Crippen LogP contribution in [0.15, 0.2) is 24.3 Å². The summed E-state index contributed by atoms with van der Waals surface area (Å²) < 4.78 is 0. The molecular formula is C15H21NO2. The highest BCUT2D eigenvalue weighted by atomic mass is 16.4. The fourth-order valence-corrected chi connectivity index (χ4v) is 2.78. The fourth-order valence-electron chi connectivity index (χ4n) is 2.78. The second-order valence-electron chi connectivity index (χ2n) is 5.55. The summed E-state index contributed by atoms with van der Waals surface area (Å²) in [5, 5.41) is 9.03. The molecule has 0 atom stereocenters. The van der Waals surface area contributed by atoms with Gasteiger partial charge >= 0.3 is 5.97 Å². The molecule has 0 aromatic heterocycles. The molecule has 0 saturated heterocycles. The number of fused-ring (bicyclic) bond motifs is 1. The molecule has 18 heavy (non-hydrogen) atoms. The van der Waals surface area contributed by atoms with Gasteiger partial charge in [-0.25, -0.2) is 0 Å². The lowest BCUT2D eigenvalue weighted by Crippen LogP contribution is -2.41. The van der Waals surface area contributed by atoms with E-state index in [4.69, 9.17) is 5.11 Å². The van der Waals surface area contributed by atoms with Crippen LogP contribution in [0.5, 0.6) is 0 Å². The van der Waals surface area contributed by atoms with Crippen molar-refractivity contribution in [1.29, 1.82) is 0 Å². The third-order valence-electron chi connectivity index (χ3n) is 3.48. The highest BCUT2D eigenvalue weighted by molar-refractivity contribution is 5.69. The summed E-state index contributed by atoms with van der Waals surface area (Å²) in [6.07, 6.45) is 1.96. The lowest BCUT2D eigenvalue weighted by atomic mass is 10.1. The summed E-state index contributed by atoms with van der Waals surface area (Å²) in [5.41, 5.74) is 2.75. The number of hydrogen-bond donors (Lipinski definition) is 1. The van der Waals surface area contributed by atoms with Crippen molar-refractivity contribution in [3.8, 4) is 0 Å². The van der Waals surface area contributed by atoms with Crippen LogP contribution in [0.4, 0.5) is 0 Å². The molecule has 2 rings (SSSR count). The van der Waals surface area contributed by atoms with Crippen molar-refractivity contribution < 1.29 is 9.90 Å². The molecule has 0 spiro atoms. The van der Waals surface area contributed by atoms with E-state index in [0.29, 0.717) is 12.0 Å². The number of nitrogens with zero attached hydrogens (tertiary/aromatic N) is 1. The lowest BCUT2D eigenvalue weighted by Gasteiger charge is -2.28. The monoisotopic (exact) mass is 247 g/mol. The number of aliphatic carboxylic acids is 1. The number of hydrogen-bond acceptors (Lipinski definition) is 2. The molecule has 0 saturated carbocycles. The second kappa shape index (κ2) is 5.53. The van der Waals surface area contributed by atoms with E-state index < -0.39 is 5.97 Å². The average Bonchev–Trinajstić information content (AvgIpc) is 2.70. The van der Waals surface area contributed by atoms with Crippen LogP contribution >= 0.6 is 0 Å². The minimum atomic E-state index is -0.730. The fraction of sp³-hybridized carbons (Fsp3) is 0.533. The standard InChI is InChI=1S/C15H21NO2/c1-11(2)9-16(10-15(17)18)14-7-12-5-3-4-6-13(12)8-14/h3-6,11,14H,7-10H2,1-2H3,(H,17,18). The summed E-state index contributed by atoms with van der Waals surface area (Å²) >= 11 is 0. The van der Waals surface area contributed by atoms with Crippen LogP contribution in [-0.4, -0.2) is 35.1 Å². The van der Waals surface area contributed by atoms with E-state index in [-0.39, 0.29) is 6.54 Å². The summed E-state index contributed by atoms with van der Waals surface area (Å²) in [6, 6.07) is 8.78. The third-order valence-corrected chi connectivity index (χ3v) is 3.48. The minimum absolute atomic E-state index is 0.150.